The zero-order chi connectivity index (χ0) is 28.8. The number of ether oxygens (including phenoxy) is 2. The van der Waals surface area contributed by atoms with Crippen LogP contribution in [0.15, 0.2) is 96.2 Å². The predicted molar refractivity (Wildman–Crippen MR) is 153 cm³/mol. The number of aromatic nitrogens is 2. The minimum atomic E-state index is -0.738. The Morgan fingerprint density at radius 1 is 1.00 bits per heavy atom. The molecule has 10 heteroatoms. The van der Waals surface area contributed by atoms with Gasteiger partial charge in [0, 0.05) is 48.0 Å². The van der Waals surface area contributed by atoms with E-state index in [1.54, 1.807) is 18.3 Å². The van der Waals surface area contributed by atoms with Crippen molar-refractivity contribution in [1.82, 2.24) is 9.55 Å². The van der Waals surface area contributed by atoms with E-state index in [4.69, 9.17) is 9.47 Å². The van der Waals surface area contributed by atoms with Crippen LogP contribution in [0.1, 0.15) is 29.2 Å². The molecule has 8 nitrogen and oxygen atoms in total. The third kappa shape index (κ3) is 4.83. The predicted octanol–water partition coefficient (Wildman–Crippen LogP) is 7.42. The van der Waals surface area contributed by atoms with E-state index in [2.05, 4.69) is 15.6 Å². The number of hydrogen-bond donors (Lipinski definition) is 2. The van der Waals surface area contributed by atoms with E-state index >= 15 is 4.39 Å². The Labute approximate surface area is 238 Å². The van der Waals surface area contributed by atoms with Crippen molar-refractivity contribution >= 4 is 23.1 Å². The molecule has 0 unspecified atom stereocenters. The van der Waals surface area contributed by atoms with E-state index in [9.17, 15) is 14.0 Å². The van der Waals surface area contributed by atoms with E-state index in [0.717, 1.165) is 24.6 Å². The van der Waals surface area contributed by atoms with Gasteiger partial charge in [-0.3, -0.25) is 9.59 Å². The van der Waals surface area contributed by atoms with E-state index in [1.807, 2.05) is 22.8 Å². The van der Waals surface area contributed by atoms with E-state index in [0.29, 0.717) is 22.9 Å². The van der Waals surface area contributed by atoms with Crippen molar-refractivity contribution in [3.05, 3.63) is 119 Å². The molecule has 1 saturated carbocycles. The SMILES string of the molecule is O=C(Nc1ccc(Oc2ccnc3c2Oc2ccccc2N3)c(F)c1)c1cn(C2CC2)cc(-c2ccc(F)cc2)c1=O. The van der Waals surface area contributed by atoms with Crippen molar-refractivity contribution in [2.24, 2.45) is 0 Å². The summed E-state index contributed by atoms with van der Waals surface area (Å²) < 4.78 is 42.3. The number of anilines is 3. The van der Waals surface area contributed by atoms with Crippen LogP contribution in [0.5, 0.6) is 23.0 Å². The topological polar surface area (TPSA) is 94.5 Å². The van der Waals surface area contributed by atoms with Crippen molar-refractivity contribution in [3.63, 3.8) is 0 Å². The Bertz CT molecular complexity index is 1920. The maximum atomic E-state index is 15.2. The van der Waals surface area contributed by atoms with Crippen molar-refractivity contribution in [1.29, 1.82) is 0 Å². The first-order chi connectivity index (χ1) is 20.4. The molecule has 42 heavy (non-hydrogen) atoms. The normalized spacial score (nSPS) is 13.3. The number of pyridine rings is 2. The van der Waals surface area contributed by atoms with Gasteiger partial charge in [0.2, 0.25) is 11.2 Å². The molecule has 1 aliphatic heterocycles. The summed E-state index contributed by atoms with van der Waals surface area (Å²) in [6.45, 7) is 0. The highest BCUT2D eigenvalue weighted by atomic mass is 19.1. The number of benzene rings is 3. The summed E-state index contributed by atoms with van der Waals surface area (Å²) in [5, 5.41) is 5.78. The Morgan fingerprint density at radius 2 is 1.81 bits per heavy atom. The van der Waals surface area contributed by atoms with Crippen LogP contribution in [-0.4, -0.2) is 15.5 Å². The zero-order valence-electron chi connectivity index (χ0n) is 21.9. The molecule has 3 aromatic carbocycles. The highest BCUT2D eigenvalue weighted by Gasteiger charge is 2.26. The molecule has 1 amide bonds. The maximum absolute atomic E-state index is 15.2. The van der Waals surface area contributed by atoms with Gasteiger partial charge in [0.15, 0.2) is 28.9 Å². The average Bonchev–Trinajstić information content (AvgIpc) is 3.84. The summed E-state index contributed by atoms with van der Waals surface area (Å²) in [5.74, 6) is -0.398. The summed E-state index contributed by atoms with van der Waals surface area (Å²) in [7, 11) is 0. The molecular formula is C32H22F2N4O4. The van der Waals surface area contributed by atoms with Gasteiger partial charge < -0.3 is 24.7 Å². The first kappa shape index (κ1) is 25.5. The fraction of sp³-hybridized carbons (Fsp3) is 0.0938. The number of carbonyl (C=O) groups excluding carboxylic acids is 1. The first-order valence-electron chi connectivity index (χ1n) is 13.3. The largest absolute Gasteiger partial charge is 0.450 e. The van der Waals surface area contributed by atoms with Crippen LogP contribution in [0, 0.1) is 11.6 Å². The van der Waals surface area contributed by atoms with Crippen LogP contribution in [0.2, 0.25) is 0 Å². The molecule has 0 atom stereocenters. The molecule has 2 aliphatic rings. The van der Waals surface area contributed by atoms with Crippen molar-refractivity contribution in [3.8, 4) is 34.1 Å². The molecule has 2 aromatic heterocycles. The van der Waals surface area contributed by atoms with Gasteiger partial charge in [-0.25, -0.2) is 13.8 Å². The lowest BCUT2D eigenvalue weighted by Gasteiger charge is -2.22. The van der Waals surface area contributed by atoms with Gasteiger partial charge in [-0.05, 0) is 54.8 Å². The number of hydrogen-bond acceptors (Lipinski definition) is 6. The number of carbonyl (C=O) groups is 1. The average molecular weight is 565 g/mol. The number of rotatable bonds is 6. The lowest BCUT2D eigenvalue weighted by atomic mass is 10.0. The number of nitrogens with zero attached hydrogens (tertiary/aromatic N) is 2. The summed E-state index contributed by atoms with van der Waals surface area (Å²) in [6, 6.07) is 18.5. The molecule has 5 aromatic rings. The molecule has 0 spiro atoms. The molecule has 7 rings (SSSR count). The molecule has 0 radical (unpaired) electrons. The zero-order valence-corrected chi connectivity index (χ0v) is 21.9. The molecule has 1 aliphatic carbocycles. The van der Waals surface area contributed by atoms with Gasteiger partial charge in [-0.2, -0.15) is 0 Å². The quantitative estimate of drug-likeness (QED) is 0.219. The Morgan fingerprint density at radius 3 is 2.60 bits per heavy atom. The second-order valence-corrected chi connectivity index (χ2v) is 10.0. The van der Waals surface area contributed by atoms with E-state index in [1.165, 1.54) is 48.8 Å². The monoisotopic (exact) mass is 564 g/mol. The summed E-state index contributed by atoms with van der Waals surface area (Å²) in [4.78, 5) is 30.8. The van der Waals surface area contributed by atoms with Gasteiger partial charge in [0.25, 0.3) is 5.91 Å². The van der Waals surface area contributed by atoms with Crippen LogP contribution in [0.4, 0.5) is 26.0 Å². The molecule has 0 bridgehead atoms. The van der Waals surface area contributed by atoms with Crippen molar-refractivity contribution in [2.75, 3.05) is 10.6 Å². The van der Waals surface area contributed by atoms with Crippen LogP contribution in [-0.2, 0) is 0 Å². The maximum Gasteiger partial charge on any atom is 0.261 e. The van der Waals surface area contributed by atoms with E-state index < -0.39 is 23.0 Å². The van der Waals surface area contributed by atoms with Crippen molar-refractivity contribution < 1.29 is 23.0 Å². The lowest BCUT2D eigenvalue weighted by Crippen LogP contribution is -2.24. The fourth-order valence-electron chi connectivity index (χ4n) is 4.75. The standard InChI is InChI=1S/C32H22F2N4O4/c33-19-7-5-18(6-8-19)22-16-38(21-10-11-21)17-23(29(22)39)32(40)36-20-9-12-26(24(34)15-20)41-28-13-14-35-31-30(28)42-27-4-2-1-3-25(27)37-31/h1-9,12-17,21H,10-11H2,(H,35,37)(H,36,40). The number of nitrogens with one attached hydrogen (secondary N) is 2. The fourth-order valence-corrected chi connectivity index (χ4v) is 4.75. The molecule has 208 valence electrons. The molecule has 3 heterocycles. The smallest absolute Gasteiger partial charge is 0.261 e. The second kappa shape index (κ2) is 10.2. The van der Waals surface area contributed by atoms with E-state index in [-0.39, 0.29) is 34.4 Å². The van der Waals surface area contributed by atoms with Crippen molar-refractivity contribution in [2.45, 2.75) is 18.9 Å². The second-order valence-electron chi connectivity index (χ2n) is 10.0. The van der Waals surface area contributed by atoms with Crippen LogP contribution < -0.4 is 25.5 Å². The third-order valence-corrected chi connectivity index (χ3v) is 7.04. The van der Waals surface area contributed by atoms with Crippen LogP contribution in [0.25, 0.3) is 11.1 Å². The number of amides is 1. The highest BCUT2D eigenvalue weighted by molar-refractivity contribution is 6.04. The summed E-state index contributed by atoms with van der Waals surface area (Å²) >= 11 is 0. The van der Waals surface area contributed by atoms with Gasteiger partial charge in [-0.1, -0.05) is 24.3 Å². The molecular weight excluding hydrogens is 542 g/mol. The molecule has 1 fully saturated rings. The summed E-state index contributed by atoms with van der Waals surface area (Å²) in [5.41, 5.74) is 1.06. The Kier molecular flexibility index (Phi) is 6.15. The Hall–Kier alpha value is -5.51. The highest BCUT2D eigenvalue weighted by Crippen LogP contribution is 2.46. The number of para-hydroxylation sites is 2. The van der Waals surface area contributed by atoms with Crippen LogP contribution in [0.3, 0.4) is 0 Å². The Balaban J connectivity index is 1.13. The third-order valence-electron chi connectivity index (χ3n) is 7.04. The van der Waals surface area contributed by atoms with Gasteiger partial charge in [-0.15, -0.1) is 0 Å². The van der Waals surface area contributed by atoms with Crippen LogP contribution >= 0.6 is 0 Å². The number of halogens is 2. The molecule has 0 saturated heterocycles. The minimum Gasteiger partial charge on any atom is -0.450 e. The van der Waals surface area contributed by atoms with Gasteiger partial charge in [0.05, 0.1) is 5.69 Å². The van der Waals surface area contributed by atoms with Gasteiger partial charge in [0.1, 0.15) is 11.4 Å². The number of fused-ring (bicyclic) bond motifs is 2. The van der Waals surface area contributed by atoms with Gasteiger partial charge >= 0.3 is 0 Å². The first-order valence-corrected chi connectivity index (χ1v) is 13.3. The summed E-state index contributed by atoms with van der Waals surface area (Å²) in [6.07, 6.45) is 6.56. The lowest BCUT2D eigenvalue weighted by molar-refractivity contribution is 0.102. The minimum absolute atomic E-state index is 0.0988. The molecule has 2 N–H and O–H groups in total.